The van der Waals surface area contributed by atoms with Gasteiger partial charge in [-0.15, -0.1) is 0 Å². The maximum Gasteiger partial charge on any atom is 0.229 e. The summed E-state index contributed by atoms with van der Waals surface area (Å²) in [6.07, 6.45) is 4.29. The molecule has 1 aliphatic rings. The molecule has 0 saturated carbocycles. The number of sulfonamides is 1. The van der Waals surface area contributed by atoms with Crippen LogP contribution in [0, 0.1) is 0 Å². The molecule has 0 radical (unpaired) electrons. The third-order valence-corrected chi connectivity index (χ3v) is 5.24. The lowest BCUT2D eigenvalue weighted by Gasteiger charge is -2.32. The molecule has 9 heteroatoms. The van der Waals surface area contributed by atoms with Gasteiger partial charge in [0.15, 0.2) is 0 Å². The van der Waals surface area contributed by atoms with Crippen LogP contribution in [0.1, 0.15) is 18.4 Å². The van der Waals surface area contributed by atoms with Crippen molar-refractivity contribution in [1.29, 1.82) is 0 Å². The predicted octanol–water partition coefficient (Wildman–Crippen LogP) is 2.07. The maximum absolute atomic E-state index is 12.5. The van der Waals surface area contributed by atoms with Crippen molar-refractivity contribution < 1.29 is 22.7 Å². The number of rotatable bonds is 7. The molecular weight excluding hydrogens is 394 g/mol. The van der Waals surface area contributed by atoms with Gasteiger partial charge < -0.3 is 14.4 Å². The lowest BCUT2D eigenvalue weighted by molar-refractivity contribution is -0.132. The number of likely N-dealkylation sites (tertiary alicyclic amines) is 1. The van der Waals surface area contributed by atoms with Crippen LogP contribution in [0.4, 0.5) is 5.69 Å². The van der Waals surface area contributed by atoms with Crippen molar-refractivity contribution in [1.82, 2.24) is 9.88 Å². The summed E-state index contributed by atoms with van der Waals surface area (Å²) in [5, 5.41) is 0. The Labute approximate surface area is 170 Å². The van der Waals surface area contributed by atoms with Crippen LogP contribution in [-0.4, -0.2) is 56.8 Å². The molecule has 0 bridgehead atoms. The van der Waals surface area contributed by atoms with Crippen molar-refractivity contribution in [3.05, 3.63) is 48.2 Å². The quantitative estimate of drug-likeness (QED) is 0.738. The molecule has 1 aliphatic heterocycles. The molecule has 8 nitrogen and oxygen atoms in total. The van der Waals surface area contributed by atoms with Crippen LogP contribution in [0.25, 0.3) is 0 Å². The average molecular weight is 420 g/mol. The summed E-state index contributed by atoms with van der Waals surface area (Å²) in [4.78, 5) is 18.5. The Balaban J connectivity index is 1.46. The van der Waals surface area contributed by atoms with E-state index in [4.69, 9.17) is 9.47 Å². The Hall–Kier alpha value is -2.81. The Morgan fingerprint density at radius 3 is 2.41 bits per heavy atom. The van der Waals surface area contributed by atoms with Crippen molar-refractivity contribution in [2.45, 2.75) is 25.4 Å². The maximum atomic E-state index is 12.5. The molecule has 1 N–H and O–H groups in total. The molecule has 2 aromatic rings. The molecule has 0 unspecified atom stereocenters. The molecule has 2 heterocycles. The van der Waals surface area contributed by atoms with Crippen LogP contribution in [0.5, 0.6) is 11.6 Å². The van der Waals surface area contributed by atoms with E-state index < -0.39 is 10.0 Å². The normalized spacial score (nSPS) is 15.0. The number of pyridine rings is 1. The number of ether oxygens (including phenoxy) is 2. The lowest BCUT2D eigenvalue weighted by Crippen LogP contribution is -2.42. The number of piperidine rings is 1. The minimum Gasteiger partial charge on any atom is -0.497 e. The highest BCUT2D eigenvalue weighted by molar-refractivity contribution is 7.92. The zero-order valence-electron chi connectivity index (χ0n) is 16.5. The van der Waals surface area contributed by atoms with Crippen LogP contribution in [-0.2, 0) is 21.2 Å². The van der Waals surface area contributed by atoms with Crippen molar-refractivity contribution >= 4 is 21.6 Å². The minimum absolute atomic E-state index is 0.0266. The van der Waals surface area contributed by atoms with E-state index in [0.29, 0.717) is 31.1 Å². The average Bonchev–Trinajstić information content (AvgIpc) is 2.69. The van der Waals surface area contributed by atoms with E-state index in [-0.39, 0.29) is 12.0 Å². The molecule has 0 atom stereocenters. The van der Waals surface area contributed by atoms with Gasteiger partial charge in [-0.2, -0.15) is 0 Å². The van der Waals surface area contributed by atoms with E-state index >= 15 is 0 Å². The van der Waals surface area contributed by atoms with Crippen LogP contribution >= 0.6 is 0 Å². The van der Waals surface area contributed by atoms with Gasteiger partial charge in [-0.1, -0.05) is 12.1 Å². The van der Waals surface area contributed by atoms with Gasteiger partial charge in [-0.25, -0.2) is 13.4 Å². The Kier molecular flexibility index (Phi) is 6.58. The monoisotopic (exact) mass is 419 g/mol. The topological polar surface area (TPSA) is 97.8 Å². The van der Waals surface area contributed by atoms with Crippen molar-refractivity contribution in [2.75, 3.05) is 31.2 Å². The summed E-state index contributed by atoms with van der Waals surface area (Å²) in [6, 6.07) is 10.8. The smallest absolute Gasteiger partial charge is 0.229 e. The van der Waals surface area contributed by atoms with Crippen LogP contribution in [0.15, 0.2) is 42.6 Å². The Morgan fingerprint density at radius 2 is 1.86 bits per heavy atom. The van der Waals surface area contributed by atoms with Crippen LogP contribution in [0.3, 0.4) is 0 Å². The predicted molar refractivity (Wildman–Crippen MR) is 110 cm³/mol. The molecule has 1 aromatic carbocycles. The Bertz CT molecular complexity index is 922. The third-order valence-electron chi connectivity index (χ3n) is 4.64. The molecule has 29 heavy (non-hydrogen) atoms. The number of carbonyl (C=O) groups excluding carboxylic acids is 1. The van der Waals surface area contributed by atoms with Gasteiger partial charge in [0.25, 0.3) is 0 Å². The fourth-order valence-electron chi connectivity index (χ4n) is 3.15. The Morgan fingerprint density at radius 1 is 1.17 bits per heavy atom. The lowest BCUT2D eigenvalue weighted by atomic mass is 10.1. The van der Waals surface area contributed by atoms with Gasteiger partial charge in [0.1, 0.15) is 11.9 Å². The summed E-state index contributed by atoms with van der Waals surface area (Å²) < 4.78 is 35.8. The highest BCUT2D eigenvalue weighted by Crippen LogP contribution is 2.20. The number of amides is 1. The second-order valence-corrected chi connectivity index (χ2v) is 8.73. The van der Waals surface area contributed by atoms with Gasteiger partial charge >= 0.3 is 0 Å². The number of hydrogen-bond acceptors (Lipinski definition) is 6. The third kappa shape index (κ3) is 6.35. The van der Waals surface area contributed by atoms with Gasteiger partial charge in [0.2, 0.25) is 21.8 Å². The number of aromatic nitrogens is 1. The van der Waals surface area contributed by atoms with Crippen molar-refractivity contribution in [3.63, 3.8) is 0 Å². The first-order valence-corrected chi connectivity index (χ1v) is 11.2. The molecule has 1 fully saturated rings. The highest BCUT2D eigenvalue weighted by Gasteiger charge is 2.24. The molecule has 156 valence electrons. The molecule has 1 saturated heterocycles. The molecule has 0 spiro atoms. The minimum atomic E-state index is -3.33. The highest BCUT2D eigenvalue weighted by atomic mass is 32.2. The van der Waals surface area contributed by atoms with Gasteiger partial charge in [-0.05, 0) is 23.8 Å². The first-order valence-electron chi connectivity index (χ1n) is 9.33. The standard InChI is InChI=1S/C20H25N3O5S/c1-27-17-6-3-15(4-7-17)13-20(24)23-11-9-18(10-12-23)28-19-8-5-16(14-21-19)22-29(2,25)26/h3-8,14,18,22H,9-13H2,1-2H3. The van der Waals surface area contributed by atoms with E-state index in [1.807, 2.05) is 29.2 Å². The van der Waals surface area contributed by atoms with Crippen LogP contribution in [0.2, 0.25) is 0 Å². The summed E-state index contributed by atoms with van der Waals surface area (Å²) >= 11 is 0. The van der Waals surface area contributed by atoms with Crippen LogP contribution < -0.4 is 14.2 Å². The zero-order chi connectivity index (χ0) is 20.9. The van der Waals surface area contributed by atoms with Gasteiger partial charge in [0.05, 0.1) is 31.7 Å². The summed E-state index contributed by atoms with van der Waals surface area (Å²) in [6.45, 7) is 1.26. The van der Waals surface area contributed by atoms with Crippen molar-refractivity contribution in [3.8, 4) is 11.6 Å². The number of hydrogen-bond donors (Lipinski definition) is 1. The second kappa shape index (κ2) is 9.13. The molecule has 1 aromatic heterocycles. The summed E-state index contributed by atoms with van der Waals surface area (Å²) in [5.74, 6) is 1.31. The fourth-order valence-corrected chi connectivity index (χ4v) is 3.70. The first kappa shape index (κ1) is 20.9. The number of nitrogens with one attached hydrogen (secondary N) is 1. The van der Waals surface area contributed by atoms with E-state index in [2.05, 4.69) is 9.71 Å². The van der Waals surface area contributed by atoms with Crippen molar-refractivity contribution in [2.24, 2.45) is 0 Å². The summed E-state index contributed by atoms with van der Waals surface area (Å²) in [7, 11) is -1.72. The number of anilines is 1. The molecule has 0 aliphatic carbocycles. The number of methoxy groups -OCH3 is 1. The molecule has 3 rings (SSSR count). The first-order chi connectivity index (χ1) is 13.8. The van der Waals surface area contributed by atoms with Gasteiger partial charge in [0, 0.05) is 32.0 Å². The van der Waals surface area contributed by atoms with E-state index in [1.54, 1.807) is 19.2 Å². The number of benzene rings is 1. The number of carbonyl (C=O) groups is 1. The zero-order valence-corrected chi connectivity index (χ0v) is 17.3. The molecular formula is C20H25N3O5S. The largest absolute Gasteiger partial charge is 0.497 e. The SMILES string of the molecule is COc1ccc(CC(=O)N2CCC(Oc3ccc(NS(C)(=O)=O)cn3)CC2)cc1. The second-order valence-electron chi connectivity index (χ2n) is 6.98. The van der Waals surface area contributed by atoms with Gasteiger partial charge in [-0.3, -0.25) is 9.52 Å². The fraction of sp³-hybridized carbons (Fsp3) is 0.400. The van der Waals surface area contributed by atoms with E-state index in [9.17, 15) is 13.2 Å². The number of nitrogens with zero attached hydrogens (tertiary/aromatic N) is 2. The molecule has 1 amide bonds. The summed E-state index contributed by atoms with van der Waals surface area (Å²) in [5.41, 5.74) is 1.35. The van der Waals surface area contributed by atoms with E-state index in [0.717, 1.165) is 30.4 Å². The van der Waals surface area contributed by atoms with E-state index in [1.165, 1.54) is 6.20 Å².